The van der Waals surface area contributed by atoms with Crippen LogP contribution in [0.2, 0.25) is 0 Å². The fraction of sp³-hybridized carbons (Fsp3) is 0.368. The van der Waals surface area contributed by atoms with Gasteiger partial charge in [0.15, 0.2) is 0 Å². The number of hydrogen-bond acceptors (Lipinski definition) is 4. The van der Waals surface area contributed by atoms with Crippen LogP contribution in [0.3, 0.4) is 0 Å². The summed E-state index contributed by atoms with van der Waals surface area (Å²) in [6.45, 7) is 4.52. The molecule has 6 heteroatoms. The monoisotopic (exact) mass is 359 g/mol. The first-order valence-corrected chi connectivity index (χ1v) is 8.99. The second-order valence-corrected chi connectivity index (χ2v) is 8.34. The number of rotatable bonds is 4. The van der Waals surface area contributed by atoms with Gasteiger partial charge < -0.3 is 15.9 Å². The molecule has 1 aliphatic rings. The van der Waals surface area contributed by atoms with Gasteiger partial charge in [-0.25, -0.2) is 9.59 Å². The third kappa shape index (κ3) is 3.19. The minimum Gasteiger partial charge on any atom is -0.478 e. The molecule has 1 aromatic carbocycles. The van der Waals surface area contributed by atoms with Gasteiger partial charge in [0, 0.05) is 16.3 Å². The predicted molar refractivity (Wildman–Crippen MR) is 97.4 cm³/mol. The summed E-state index contributed by atoms with van der Waals surface area (Å²) in [5.74, 6) is -2.00. The fourth-order valence-electron chi connectivity index (χ4n) is 3.43. The highest BCUT2D eigenvalue weighted by Gasteiger charge is 2.33. The number of aromatic carboxylic acids is 2. The molecule has 1 heterocycles. The molecular weight excluding hydrogens is 338 g/mol. The van der Waals surface area contributed by atoms with E-state index >= 15 is 0 Å². The average molecular weight is 359 g/mol. The van der Waals surface area contributed by atoms with Crippen LogP contribution in [0.1, 0.15) is 57.0 Å². The maximum absolute atomic E-state index is 12.0. The number of aryl methyl sites for hydroxylation is 1. The number of carboxylic acid groups (broad SMARTS) is 2. The van der Waals surface area contributed by atoms with Gasteiger partial charge in [0.1, 0.15) is 0 Å². The zero-order valence-electron chi connectivity index (χ0n) is 14.3. The van der Waals surface area contributed by atoms with Gasteiger partial charge in [-0.3, -0.25) is 0 Å². The van der Waals surface area contributed by atoms with Crippen LogP contribution in [0.25, 0.3) is 10.4 Å². The van der Waals surface area contributed by atoms with E-state index in [4.69, 9.17) is 5.73 Å². The van der Waals surface area contributed by atoms with Crippen molar-refractivity contribution < 1.29 is 19.8 Å². The Balaban J connectivity index is 2.25. The number of nitrogens with two attached hydrogens (primary N) is 1. The summed E-state index contributed by atoms with van der Waals surface area (Å²) in [7, 11) is 0. The highest BCUT2D eigenvalue weighted by molar-refractivity contribution is 7.16. The van der Waals surface area contributed by atoms with Crippen LogP contribution in [0.4, 0.5) is 0 Å². The summed E-state index contributed by atoms with van der Waals surface area (Å²) in [6.07, 6.45) is 2.58. The largest absolute Gasteiger partial charge is 0.478 e. The predicted octanol–water partition coefficient (Wildman–Crippen LogP) is 3.79. The van der Waals surface area contributed by atoms with Gasteiger partial charge in [0.25, 0.3) is 0 Å². The van der Waals surface area contributed by atoms with Crippen molar-refractivity contribution in [2.24, 2.45) is 11.1 Å². The summed E-state index contributed by atoms with van der Waals surface area (Å²) in [4.78, 5) is 25.1. The van der Waals surface area contributed by atoms with E-state index in [9.17, 15) is 19.8 Å². The van der Waals surface area contributed by atoms with E-state index in [0.29, 0.717) is 16.0 Å². The minimum absolute atomic E-state index is 0.0646. The summed E-state index contributed by atoms with van der Waals surface area (Å²) >= 11 is 1.46. The number of fused-ring (bicyclic) bond motifs is 1. The molecule has 0 bridgehead atoms. The summed E-state index contributed by atoms with van der Waals surface area (Å²) in [5.41, 5.74) is 8.60. The normalized spacial score (nSPS) is 15.6. The number of benzene rings is 1. The molecule has 0 spiro atoms. The molecule has 2 aromatic rings. The molecular formula is C19H21NO4S. The Kier molecular flexibility index (Phi) is 4.43. The van der Waals surface area contributed by atoms with Crippen LogP contribution in [-0.4, -0.2) is 22.2 Å². The molecule has 132 valence electrons. The lowest BCUT2D eigenvalue weighted by Gasteiger charge is -2.29. The molecule has 1 aliphatic carbocycles. The highest BCUT2D eigenvalue weighted by Crippen LogP contribution is 2.45. The molecule has 5 nitrogen and oxygen atoms in total. The highest BCUT2D eigenvalue weighted by atomic mass is 32.1. The van der Waals surface area contributed by atoms with E-state index in [1.54, 1.807) is 12.1 Å². The van der Waals surface area contributed by atoms with E-state index in [1.165, 1.54) is 17.4 Å². The number of carbonyl (C=O) groups is 2. The molecule has 0 unspecified atom stereocenters. The van der Waals surface area contributed by atoms with Crippen LogP contribution < -0.4 is 5.73 Å². The molecule has 0 radical (unpaired) electrons. The van der Waals surface area contributed by atoms with Crippen molar-refractivity contribution in [3.05, 3.63) is 45.3 Å². The van der Waals surface area contributed by atoms with Crippen molar-refractivity contribution in [3.63, 3.8) is 0 Å². The Morgan fingerprint density at radius 2 is 1.96 bits per heavy atom. The fourth-order valence-corrected chi connectivity index (χ4v) is 4.80. The van der Waals surface area contributed by atoms with Crippen molar-refractivity contribution in [2.45, 2.75) is 39.7 Å². The first-order valence-electron chi connectivity index (χ1n) is 8.18. The van der Waals surface area contributed by atoms with E-state index in [1.807, 2.05) is 0 Å². The van der Waals surface area contributed by atoms with Crippen molar-refractivity contribution in [1.29, 1.82) is 0 Å². The van der Waals surface area contributed by atoms with Gasteiger partial charge >= 0.3 is 11.9 Å². The molecule has 0 fully saturated rings. The summed E-state index contributed by atoms with van der Waals surface area (Å²) < 4.78 is 0. The Hall–Kier alpha value is -2.18. The molecule has 4 N–H and O–H groups in total. The van der Waals surface area contributed by atoms with Gasteiger partial charge in [-0.15, -0.1) is 11.3 Å². The van der Waals surface area contributed by atoms with Crippen LogP contribution in [0.15, 0.2) is 18.2 Å². The van der Waals surface area contributed by atoms with Gasteiger partial charge in [0.05, 0.1) is 11.1 Å². The van der Waals surface area contributed by atoms with Gasteiger partial charge in [-0.1, -0.05) is 19.9 Å². The number of carboxylic acids is 2. The molecule has 0 saturated carbocycles. The molecule has 1 aromatic heterocycles. The van der Waals surface area contributed by atoms with Crippen molar-refractivity contribution in [2.75, 3.05) is 0 Å². The standard InChI is InChI=1S/C19H21NO4S/c1-19(2)6-5-14-13(8-19)15(18(23)24)16(25-14)12-7-10(17(21)22)3-4-11(12)9-20/h3-4,7H,5-6,8-9,20H2,1-2H3,(H,21,22)(H,23,24). The van der Waals surface area contributed by atoms with Crippen molar-refractivity contribution in [3.8, 4) is 10.4 Å². The van der Waals surface area contributed by atoms with E-state index < -0.39 is 11.9 Å². The van der Waals surface area contributed by atoms with Gasteiger partial charge in [-0.05, 0) is 53.5 Å². The lowest BCUT2D eigenvalue weighted by atomic mass is 9.76. The average Bonchev–Trinajstić information content (AvgIpc) is 2.91. The quantitative estimate of drug-likeness (QED) is 0.771. The van der Waals surface area contributed by atoms with E-state index in [0.717, 1.165) is 35.3 Å². The number of thiophene rings is 1. The van der Waals surface area contributed by atoms with Gasteiger partial charge in [0.2, 0.25) is 0 Å². The molecule has 0 atom stereocenters. The van der Waals surface area contributed by atoms with E-state index in [2.05, 4.69) is 13.8 Å². The SMILES string of the molecule is CC1(C)CCc2sc(-c3cc(C(=O)O)ccc3CN)c(C(=O)O)c2C1. The summed E-state index contributed by atoms with van der Waals surface area (Å²) in [6, 6.07) is 4.72. The van der Waals surface area contributed by atoms with Crippen LogP contribution >= 0.6 is 11.3 Å². The van der Waals surface area contributed by atoms with Crippen LogP contribution in [-0.2, 0) is 19.4 Å². The zero-order valence-corrected chi connectivity index (χ0v) is 15.1. The number of hydrogen-bond donors (Lipinski definition) is 3. The summed E-state index contributed by atoms with van der Waals surface area (Å²) in [5, 5.41) is 19.1. The lowest BCUT2D eigenvalue weighted by molar-refractivity contribution is 0.0686. The van der Waals surface area contributed by atoms with Crippen LogP contribution in [0, 0.1) is 5.41 Å². The molecule has 25 heavy (non-hydrogen) atoms. The van der Waals surface area contributed by atoms with Gasteiger partial charge in [-0.2, -0.15) is 0 Å². The second kappa shape index (κ2) is 6.28. The van der Waals surface area contributed by atoms with E-state index in [-0.39, 0.29) is 17.5 Å². The Bertz CT molecular complexity index is 867. The Morgan fingerprint density at radius 3 is 2.56 bits per heavy atom. The lowest BCUT2D eigenvalue weighted by Crippen LogP contribution is -2.22. The third-order valence-electron chi connectivity index (χ3n) is 4.81. The Labute approximate surface area is 150 Å². The maximum atomic E-state index is 12.0. The topological polar surface area (TPSA) is 101 Å². The molecule has 0 aliphatic heterocycles. The second-order valence-electron chi connectivity index (χ2n) is 7.24. The third-order valence-corrected chi connectivity index (χ3v) is 6.14. The smallest absolute Gasteiger partial charge is 0.337 e. The maximum Gasteiger partial charge on any atom is 0.337 e. The minimum atomic E-state index is -1.04. The van der Waals surface area contributed by atoms with Crippen LogP contribution in [0.5, 0.6) is 0 Å². The van der Waals surface area contributed by atoms with Crippen molar-refractivity contribution >= 4 is 23.3 Å². The molecule has 3 rings (SSSR count). The van der Waals surface area contributed by atoms with Crippen molar-refractivity contribution in [1.82, 2.24) is 0 Å². The first kappa shape index (κ1) is 17.6. The Morgan fingerprint density at radius 1 is 1.24 bits per heavy atom. The zero-order chi connectivity index (χ0) is 18.4. The molecule has 0 amide bonds. The molecule has 0 saturated heterocycles. The first-order chi connectivity index (χ1) is 11.7.